The molecule has 0 bridgehead atoms. The molecule has 18 heavy (non-hydrogen) atoms. The van der Waals surface area contributed by atoms with Gasteiger partial charge in [0.25, 0.3) is 0 Å². The Labute approximate surface area is 107 Å². The molecule has 100 valence electrons. The first-order chi connectivity index (χ1) is 8.65. The van der Waals surface area contributed by atoms with Gasteiger partial charge in [-0.05, 0) is 19.1 Å². The topological polar surface area (TPSA) is 64.8 Å². The Morgan fingerprint density at radius 2 is 2.06 bits per heavy atom. The SMILES string of the molecule is CCN(Cc1ccc(OC)cc1OC)C(=O)CN. The molecule has 0 saturated carbocycles. The number of carbonyl (C=O) groups excluding carboxylic acids is 1. The first-order valence-corrected chi connectivity index (χ1v) is 5.85. The molecular formula is C13H20N2O3. The van der Waals surface area contributed by atoms with Crippen molar-refractivity contribution < 1.29 is 14.3 Å². The maximum absolute atomic E-state index is 11.6. The number of amides is 1. The summed E-state index contributed by atoms with van der Waals surface area (Å²) in [6.07, 6.45) is 0. The van der Waals surface area contributed by atoms with Gasteiger partial charge in [0.05, 0.1) is 20.8 Å². The van der Waals surface area contributed by atoms with Crippen LogP contribution < -0.4 is 15.2 Å². The first-order valence-electron chi connectivity index (χ1n) is 5.85. The van der Waals surface area contributed by atoms with Crippen LogP contribution in [-0.4, -0.2) is 38.1 Å². The van der Waals surface area contributed by atoms with Crippen molar-refractivity contribution in [2.24, 2.45) is 5.73 Å². The molecule has 0 spiro atoms. The summed E-state index contributed by atoms with van der Waals surface area (Å²) in [5, 5.41) is 0. The van der Waals surface area contributed by atoms with Crippen LogP contribution in [0.3, 0.4) is 0 Å². The molecule has 2 N–H and O–H groups in total. The fourth-order valence-electron chi connectivity index (χ4n) is 1.69. The van der Waals surface area contributed by atoms with Gasteiger partial charge in [-0.1, -0.05) is 0 Å². The molecule has 5 nitrogen and oxygen atoms in total. The third-order valence-electron chi connectivity index (χ3n) is 2.76. The van der Waals surface area contributed by atoms with Gasteiger partial charge in [-0.15, -0.1) is 0 Å². The molecule has 0 fully saturated rings. The molecule has 0 radical (unpaired) electrons. The van der Waals surface area contributed by atoms with E-state index in [1.807, 2.05) is 19.1 Å². The summed E-state index contributed by atoms with van der Waals surface area (Å²) in [7, 11) is 3.20. The quantitative estimate of drug-likeness (QED) is 0.820. The molecule has 0 aliphatic heterocycles. The molecular weight excluding hydrogens is 232 g/mol. The lowest BCUT2D eigenvalue weighted by Gasteiger charge is -2.21. The second-order valence-electron chi connectivity index (χ2n) is 3.79. The zero-order valence-corrected chi connectivity index (χ0v) is 11.1. The molecule has 0 aliphatic rings. The van der Waals surface area contributed by atoms with Crippen LogP contribution in [0, 0.1) is 0 Å². The van der Waals surface area contributed by atoms with Crippen molar-refractivity contribution in [3.05, 3.63) is 23.8 Å². The highest BCUT2D eigenvalue weighted by Crippen LogP contribution is 2.25. The van der Waals surface area contributed by atoms with Crippen LogP contribution in [0.2, 0.25) is 0 Å². The van der Waals surface area contributed by atoms with E-state index in [9.17, 15) is 4.79 Å². The van der Waals surface area contributed by atoms with Crippen LogP contribution in [0.1, 0.15) is 12.5 Å². The van der Waals surface area contributed by atoms with Crippen molar-refractivity contribution in [3.63, 3.8) is 0 Å². The molecule has 1 rings (SSSR count). The monoisotopic (exact) mass is 252 g/mol. The Bertz CT molecular complexity index is 407. The highest BCUT2D eigenvalue weighted by atomic mass is 16.5. The molecule has 0 saturated heterocycles. The first kappa shape index (κ1) is 14.3. The van der Waals surface area contributed by atoms with Crippen LogP contribution >= 0.6 is 0 Å². The van der Waals surface area contributed by atoms with Crippen molar-refractivity contribution in [2.45, 2.75) is 13.5 Å². The Hall–Kier alpha value is -1.75. The molecule has 0 heterocycles. The van der Waals surface area contributed by atoms with Crippen LogP contribution in [0.15, 0.2) is 18.2 Å². The van der Waals surface area contributed by atoms with E-state index in [1.165, 1.54) is 0 Å². The Kier molecular flexibility index (Phi) is 5.45. The highest BCUT2D eigenvalue weighted by Gasteiger charge is 2.13. The van der Waals surface area contributed by atoms with E-state index < -0.39 is 0 Å². The van der Waals surface area contributed by atoms with E-state index in [0.717, 1.165) is 11.3 Å². The van der Waals surface area contributed by atoms with Gasteiger partial charge in [0.15, 0.2) is 0 Å². The lowest BCUT2D eigenvalue weighted by Crippen LogP contribution is -2.35. The van der Waals surface area contributed by atoms with Gasteiger partial charge < -0.3 is 20.1 Å². The number of hydrogen-bond donors (Lipinski definition) is 1. The average Bonchev–Trinajstić information content (AvgIpc) is 2.43. The van der Waals surface area contributed by atoms with Gasteiger partial charge in [0, 0.05) is 24.7 Å². The molecule has 5 heteroatoms. The van der Waals surface area contributed by atoms with Gasteiger partial charge in [-0.3, -0.25) is 4.79 Å². The number of methoxy groups -OCH3 is 2. The predicted octanol–water partition coefficient (Wildman–Crippen LogP) is 1.01. The van der Waals surface area contributed by atoms with Gasteiger partial charge in [-0.2, -0.15) is 0 Å². The average molecular weight is 252 g/mol. The summed E-state index contributed by atoms with van der Waals surface area (Å²) in [5.74, 6) is 1.36. The van der Waals surface area contributed by atoms with Crippen molar-refractivity contribution in [3.8, 4) is 11.5 Å². The van der Waals surface area contributed by atoms with Gasteiger partial charge in [0.1, 0.15) is 11.5 Å². The zero-order chi connectivity index (χ0) is 13.5. The molecule has 0 aliphatic carbocycles. The van der Waals surface area contributed by atoms with E-state index >= 15 is 0 Å². The number of carbonyl (C=O) groups is 1. The number of nitrogens with two attached hydrogens (primary N) is 1. The van der Waals surface area contributed by atoms with Gasteiger partial charge in [-0.25, -0.2) is 0 Å². The van der Waals surface area contributed by atoms with E-state index in [2.05, 4.69) is 0 Å². The summed E-state index contributed by atoms with van der Waals surface area (Å²) in [6, 6.07) is 5.54. The predicted molar refractivity (Wildman–Crippen MR) is 69.7 cm³/mol. The number of rotatable bonds is 6. The molecule has 0 aromatic heterocycles. The molecule has 1 aromatic carbocycles. The van der Waals surface area contributed by atoms with E-state index in [0.29, 0.717) is 18.8 Å². The minimum atomic E-state index is -0.0737. The summed E-state index contributed by atoms with van der Waals surface area (Å²) in [5.41, 5.74) is 6.31. The third-order valence-corrected chi connectivity index (χ3v) is 2.76. The Morgan fingerprint density at radius 3 is 2.56 bits per heavy atom. The van der Waals surface area contributed by atoms with Crippen molar-refractivity contribution in [1.82, 2.24) is 4.90 Å². The van der Waals surface area contributed by atoms with Gasteiger partial charge in [0.2, 0.25) is 5.91 Å². The second-order valence-corrected chi connectivity index (χ2v) is 3.79. The fraction of sp³-hybridized carbons (Fsp3) is 0.462. The molecule has 1 aromatic rings. The van der Waals surface area contributed by atoms with Crippen molar-refractivity contribution in [1.29, 1.82) is 0 Å². The fourth-order valence-corrected chi connectivity index (χ4v) is 1.69. The standard InChI is InChI=1S/C13H20N2O3/c1-4-15(13(16)8-14)9-10-5-6-11(17-2)7-12(10)18-3/h5-7H,4,8-9,14H2,1-3H3. The maximum Gasteiger partial charge on any atom is 0.236 e. The minimum absolute atomic E-state index is 0.0201. The maximum atomic E-state index is 11.6. The van der Waals surface area contributed by atoms with Crippen LogP contribution in [0.5, 0.6) is 11.5 Å². The van der Waals surface area contributed by atoms with E-state index in [-0.39, 0.29) is 12.5 Å². The molecule has 0 unspecified atom stereocenters. The lowest BCUT2D eigenvalue weighted by molar-refractivity contribution is -0.130. The summed E-state index contributed by atoms with van der Waals surface area (Å²) in [4.78, 5) is 13.3. The Balaban J connectivity index is 2.91. The smallest absolute Gasteiger partial charge is 0.236 e. The van der Waals surface area contributed by atoms with Crippen LogP contribution in [0.4, 0.5) is 0 Å². The van der Waals surface area contributed by atoms with E-state index in [1.54, 1.807) is 25.2 Å². The minimum Gasteiger partial charge on any atom is -0.497 e. The third kappa shape index (κ3) is 3.37. The number of nitrogens with zero attached hydrogens (tertiary/aromatic N) is 1. The summed E-state index contributed by atoms with van der Waals surface area (Å²) >= 11 is 0. The Morgan fingerprint density at radius 1 is 1.33 bits per heavy atom. The van der Waals surface area contributed by atoms with Crippen molar-refractivity contribution >= 4 is 5.91 Å². The molecule has 1 amide bonds. The number of hydrogen-bond acceptors (Lipinski definition) is 4. The summed E-state index contributed by atoms with van der Waals surface area (Å²) < 4.78 is 10.4. The largest absolute Gasteiger partial charge is 0.497 e. The van der Waals surface area contributed by atoms with Gasteiger partial charge >= 0.3 is 0 Å². The number of likely N-dealkylation sites (N-methyl/N-ethyl adjacent to an activating group) is 1. The molecule has 0 atom stereocenters. The van der Waals surface area contributed by atoms with Crippen LogP contribution in [0.25, 0.3) is 0 Å². The number of ether oxygens (including phenoxy) is 2. The lowest BCUT2D eigenvalue weighted by atomic mass is 10.1. The van der Waals surface area contributed by atoms with Crippen LogP contribution in [-0.2, 0) is 11.3 Å². The second kappa shape index (κ2) is 6.86. The van der Waals surface area contributed by atoms with E-state index in [4.69, 9.17) is 15.2 Å². The van der Waals surface area contributed by atoms with Crippen molar-refractivity contribution in [2.75, 3.05) is 27.3 Å². The number of benzene rings is 1. The highest BCUT2D eigenvalue weighted by molar-refractivity contribution is 5.78. The normalized spacial score (nSPS) is 10.0. The summed E-state index contributed by atoms with van der Waals surface area (Å²) in [6.45, 7) is 3.04. The zero-order valence-electron chi connectivity index (χ0n) is 11.1.